The van der Waals surface area contributed by atoms with Crippen LogP contribution in [0.25, 0.3) is 0 Å². The summed E-state index contributed by atoms with van der Waals surface area (Å²) < 4.78 is 4.82. The highest BCUT2D eigenvalue weighted by atomic mass is 16.5. The van der Waals surface area contributed by atoms with Gasteiger partial charge in [-0.3, -0.25) is 5.84 Å². The normalized spacial score (nSPS) is 11.2. The second-order valence-corrected chi connectivity index (χ2v) is 1.52. The van der Waals surface area contributed by atoms with E-state index in [1.807, 2.05) is 7.05 Å². The van der Waals surface area contributed by atoms with Crippen molar-refractivity contribution in [2.75, 3.05) is 20.8 Å². The molecule has 0 rings (SSSR count). The van der Waals surface area contributed by atoms with Crippen LogP contribution in [-0.2, 0) is 4.74 Å². The predicted molar refractivity (Wildman–Crippen MR) is 36.3 cm³/mol. The quantitative estimate of drug-likeness (QED) is 0.344. The van der Waals surface area contributed by atoms with Gasteiger partial charge in [-0.25, -0.2) is 0 Å². The molecule has 4 heteroatoms. The van der Waals surface area contributed by atoms with E-state index in [2.05, 4.69) is 10.7 Å². The summed E-state index contributed by atoms with van der Waals surface area (Å²) >= 11 is 0. The van der Waals surface area contributed by atoms with Gasteiger partial charge < -0.3 is 15.5 Å². The largest absolute Gasteiger partial charge is 0.388 e. The molecule has 0 saturated heterocycles. The summed E-state index contributed by atoms with van der Waals surface area (Å²) in [6.07, 6.45) is 1.64. The molecule has 0 atom stereocenters. The van der Waals surface area contributed by atoms with Gasteiger partial charge in [-0.2, -0.15) is 0 Å². The molecule has 0 aromatic carbocycles. The third kappa shape index (κ3) is 3.81. The summed E-state index contributed by atoms with van der Waals surface area (Å²) in [5.74, 6) is 5.01. The van der Waals surface area contributed by atoms with Crippen LogP contribution in [0.1, 0.15) is 0 Å². The topological polar surface area (TPSA) is 59.3 Å². The lowest BCUT2D eigenvalue weighted by molar-refractivity contribution is 0.220. The first-order valence-electron chi connectivity index (χ1n) is 2.67. The standard InChI is InChI=1S/C5H13N3O/c1-7-5(3-8-6)4-9-2/h3,7-8H,4,6H2,1-2H3/b5-3-. The van der Waals surface area contributed by atoms with Crippen molar-refractivity contribution in [1.82, 2.24) is 10.7 Å². The maximum Gasteiger partial charge on any atom is 0.0873 e. The lowest BCUT2D eigenvalue weighted by Crippen LogP contribution is -2.20. The van der Waals surface area contributed by atoms with Crippen molar-refractivity contribution >= 4 is 0 Å². The van der Waals surface area contributed by atoms with Crippen molar-refractivity contribution in [2.24, 2.45) is 5.84 Å². The highest BCUT2D eigenvalue weighted by Crippen LogP contribution is 1.83. The maximum atomic E-state index is 5.01. The highest BCUT2D eigenvalue weighted by Gasteiger charge is 1.87. The van der Waals surface area contributed by atoms with Crippen LogP contribution in [0.5, 0.6) is 0 Å². The first kappa shape index (κ1) is 8.26. The van der Waals surface area contributed by atoms with Gasteiger partial charge in [0.25, 0.3) is 0 Å². The van der Waals surface area contributed by atoms with E-state index in [1.54, 1.807) is 13.3 Å². The van der Waals surface area contributed by atoms with Crippen LogP contribution in [0, 0.1) is 0 Å². The number of ether oxygens (including phenoxy) is 1. The van der Waals surface area contributed by atoms with E-state index in [9.17, 15) is 0 Å². The molecule has 0 aromatic rings. The van der Waals surface area contributed by atoms with E-state index < -0.39 is 0 Å². The predicted octanol–water partition coefficient (Wildman–Crippen LogP) is -0.843. The van der Waals surface area contributed by atoms with Gasteiger partial charge in [-0.1, -0.05) is 0 Å². The van der Waals surface area contributed by atoms with Crippen molar-refractivity contribution in [3.63, 3.8) is 0 Å². The average molecular weight is 131 g/mol. The zero-order chi connectivity index (χ0) is 7.11. The molecular weight excluding hydrogens is 118 g/mol. The van der Waals surface area contributed by atoms with Crippen molar-refractivity contribution in [3.05, 3.63) is 11.9 Å². The van der Waals surface area contributed by atoms with Crippen LogP contribution in [0.2, 0.25) is 0 Å². The molecule has 9 heavy (non-hydrogen) atoms. The van der Waals surface area contributed by atoms with Gasteiger partial charge >= 0.3 is 0 Å². The Labute approximate surface area is 55.0 Å². The second-order valence-electron chi connectivity index (χ2n) is 1.52. The summed E-state index contributed by atoms with van der Waals surface area (Å²) in [4.78, 5) is 0. The maximum absolute atomic E-state index is 5.01. The number of nitrogens with two attached hydrogens (primary N) is 1. The molecule has 0 aliphatic carbocycles. The Morgan fingerprint density at radius 2 is 2.44 bits per heavy atom. The molecule has 0 aliphatic rings. The number of hydrogen-bond acceptors (Lipinski definition) is 4. The fourth-order valence-electron chi connectivity index (χ4n) is 0.442. The molecule has 0 heterocycles. The number of rotatable bonds is 4. The van der Waals surface area contributed by atoms with Crippen molar-refractivity contribution in [2.45, 2.75) is 0 Å². The molecule has 0 aliphatic heterocycles. The zero-order valence-corrected chi connectivity index (χ0v) is 5.77. The van der Waals surface area contributed by atoms with E-state index in [4.69, 9.17) is 10.6 Å². The molecule has 0 amide bonds. The van der Waals surface area contributed by atoms with Crippen LogP contribution < -0.4 is 16.6 Å². The van der Waals surface area contributed by atoms with Crippen molar-refractivity contribution in [3.8, 4) is 0 Å². The molecule has 4 N–H and O–H groups in total. The van der Waals surface area contributed by atoms with Gasteiger partial charge in [0.05, 0.1) is 12.3 Å². The number of nitrogens with one attached hydrogen (secondary N) is 2. The summed E-state index contributed by atoms with van der Waals surface area (Å²) in [5.41, 5.74) is 3.32. The first-order valence-corrected chi connectivity index (χ1v) is 2.67. The smallest absolute Gasteiger partial charge is 0.0873 e. The number of methoxy groups -OCH3 is 1. The van der Waals surface area contributed by atoms with E-state index in [1.165, 1.54) is 0 Å². The van der Waals surface area contributed by atoms with Crippen LogP contribution in [-0.4, -0.2) is 20.8 Å². The Kier molecular flexibility index (Phi) is 4.95. The Morgan fingerprint density at radius 1 is 1.78 bits per heavy atom. The molecule has 0 aromatic heterocycles. The lowest BCUT2D eigenvalue weighted by Gasteiger charge is -2.03. The van der Waals surface area contributed by atoms with Crippen LogP contribution in [0.4, 0.5) is 0 Å². The molecular formula is C5H13N3O. The molecule has 0 saturated carbocycles. The molecule has 0 spiro atoms. The fourth-order valence-corrected chi connectivity index (χ4v) is 0.442. The van der Waals surface area contributed by atoms with Gasteiger partial charge in [0.2, 0.25) is 0 Å². The Morgan fingerprint density at radius 3 is 2.78 bits per heavy atom. The Bertz CT molecular complexity index is 92.2. The van der Waals surface area contributed by atoms with E-state index in [0.29, 0.717) is 6.61 Å². The van der Waals surface area contributed by atoms with Crippen molar-refractivity contribution < 1.29 is 4.74 Å². The van der Waals surface area contributed by atoms with E-state index >= 15 is 0 Å². The molecule has 54 valence electrons. The number of likely N-dealkylation sites (N-methyl/N-ethyl adjacent to an activating group) is 1. The third-order valence-electron chi connectivity index (χ3n) is 0.879. The second kappa shape index (κ2) is 5.40. The fraction of sp³-hybridized carbons (Fsp3) is 0.600. The Balaban J connectivity index is 3.53. The minimum Gasteiger partial charge on any atom is -0.388 e. The molecule has 0 radical (unpaired) electrons. The lowest BCUT2D eigenvalue weighted by atomic mass is 10.5. The van der Waals surface area contributed by atoms with E-state index in [-0.39, 0.29) is 0 Å². The minimum atomic E-state index is 0.542. The Hall–Kier alpha value is -0.740. The SMILES string of the molecule is CN/C(=C\NN)COC. The van der Waals surface area contributed by atoms with Gasteiger partial charge in [0.1, 0.15) is 0 Å². The van der Waals surface area contributed by atoms with Crippen LogP contribution in [0.3, 0.4) is 0 Å². The third-order valence-corrected chi connectivity index (χ3v) is 0.879. The summed E-state index contributed by atoms with van der Waals surface area (Å²) in [5, 5.41) is 2.90. The van der Waals surface area contributed by atoms with Gasteiger partial charge in [0.15, 0.2) is 0 Å². The van der Waals surface area contributed by atoms with E-state index in [0.717, 1.165) is 5.70 Å². The monoisotopic (exact) mass is 131 g/mol. The number of hydrazine groups is 1. The minimum absolute atomic E-state index is 0.542. The van der Waals surface area contributed by atoms with Crippen LogP contribution in [0.15, 0.2) is 11.9 Å². The first-order chi connectivity index (χ1) is 4.35. The van der Waals surface area contributed by atoms with Gasteiger partial charge in [0, 0.05) is 20.4 Å². The molecule has 0 unspecified atom stereocenters. The summed E-state index contributed by atoms with van der Waals surface area (Å²) in [7, 11) is 3.43. The highest BCUT2D eigenvalue weighted by molar-refractivity contribution is 4.96. The molecule has 4 nitrogen and oxygen atoms in total. The van der Waals surface area contributed by atoms with Crippen molar-refractivity contribution in [1.29, 1.82) is 0 Å². The molecule has 0 fully saturated rings. The average Bonchev–Trinajstić information content (AvgIpc) is 1.88. The summed E-state index contributed by atoms with van der Waals surface area (Å²) in [6, 6.07) is 0. The van der Waals surface area contributed by atoms with Gasteiger partial charge in [-0.05, 0) is 0 Å². The van der Waals surface area contributed by atoms with Gasteiger partial charge in [-0.15, -0.1) is 0 Å². The summed E-state index contributed by atoms with van der Waals surface area (Å²) in [6.45, 7) is 0.542. The zero-order valence-electron chi connectivity index (χ0n) is 5.77. The molecule has 0 bridgehead atoms. The number of hydrogen-bond donors (Lipinski definition) is 3. The van der Waals surface area contributed by atoms with Crippen LogP contribution >= 0.6 is 0 Å².